The van der Waals surface area contributed by atoms with Gasteiger partial charge < -0.3 is 15.2 Å². The predicted octanol–water partition coefficient (Wildman–Crippen LogP) is 3.08. The maximum atomic E-state index is 12.6. The van der Waals surface area contributed by atoms with E-state index in [0.29, 0.717) is 19.4 Å². The van der Waals surface area contributed by atoms with Gasteiger partial charge >= 0.3 is 5.97 Å². The highest BCUT2D eigenvalue weighted by atomic mass is 16.5. The van der Waals surface area contributed by atoms with E-state index in [1.807, 2.05) is 19.9 Å². The third kappa shape index (κ3) is 3.03. The zero-order chi connectivity index (χ0) is 17.3. The van der Waals surface area contributed by atoms with E-state index >= 15 is 0 Å². The molecule has 1 aromatic rings. The van der Waals surface area contributed by atoms with Crippen LogP contribution in [0.25, 0.3) is 6.08 Å². The van der Waals surface area contributed by atoms with Crippen molar-refractivity contribution in [3.8, 4) is 0 Å². The van der Waals surface area contributed by atoms with Gasteiger partial charge in [0, 0.05) is 0 Å². The molecule has 2 N–H and O–H groups in total. The van der Waals surface area contributed by atoms with Crippen molar-refractivity contribution in [2.45, 2.75) is 58.1 Å². The Labute approximate surface area is 141 Å². The van der Waals surface area contributed by atoms with E-state index in [2.05, 4.69) is 11.4 Å². The van der Waals surface area contributed by atoms with E-state index in [-0.39, 0.29) is 5.76 Å². The summed E-state index contributed by atoms with van der Waals surface area (Å²) in [5.74, 6) is -1.21. The molecule has 0 saturated heterocycles. The molecule has 0 spiro atoms. The summed E-state index contributed by atoms with van der Waals surface area (Å²) in [4.78, 5) is 24.3. The Morgan fingerprint density at radius 1 is 1.12 bits per heavy atom. The number of carbonyl (C=O) groups is 2. The number of rotatable bonds is 3. The number of amides is 1. The summed E-state index contributed by atoms with van der Waals surface area (Å²) in [6.45, 7) is 4.40. The van der Waals surface area contributed by atoms with Gasteiger partial charge in [-0.1, -0.05) is 31.4 Å². The van der Waals surface area contributed by atoms with Gasteiger partial charge in [-0.15, -0.1) is 0 Å². The summed E-state index contributed by atoms with van der Waals surface area (Å²) in [5.41, 5.74) is 3.18. The quantitative estimate of drug-likeness (QED) is 0.893. The number of hydrogen-bond donors (Lipinski definition) is 2. The van der Waals surface area contributed by atoms with Crippen LogP contribution in [0.15, 0.2) is 17.9 Å². The van der Waals surface area contributed by atoms with Crippen molar-refractivity contribution >= 4 is 18.0 Å². The minimum Gasteiger partial charge on any atom is -0.483 e. The molecule has 1 heterocycles. The topological polar surface area (TPSA) is 75.6 Å². The summed E-state index contributed by atoms with van der Waals surface area (Å²) in [6, 6.07) is 4.10. The van der Waals surface area contributed by atoms with E-state index in [0.717, 1.165) is 36.0 Å². The predicted molar refractivity (Wildman–Crippen MR) is 90.3 cm³/mol. The SMILES string of the molecule is Cc1cc2c(cc1C)COC(C(=O)NC1(C(=O)O)CCCCC1)=C2. The Bertz CT molecular complexity index is 714. The van der Waals surface area contributed by atoms with Crippen LogP contribution < -0.4 is 5.32 Å². The Hall–Kier alpha value is -2.30. The molecule has 128 valence electrons. The second-order valence-electron chi connectivity index (χ2n) is 6.83. The van der Waals surface area contributed by atoms with Gasteiger partial charge in [-0.3, -0.25) is 4.79 Å². The second-order valence-corrected chi connectivity index (χ2v) is 6.83. The normalized spacial score (nSPS) is 18.8. The zero-order valence-electron chi connectivity index (χ0n) is 14.1. The maximum absolute atomic E-state index is 12.6. The van der Waals surface area contributed by atoms with Crippen LogP contribution in [0, 0.1) is 13.8 Å². The highest BCUT2D eigenvalue weighted by molar-refractivity contribution is 5.99. The molecule has 0 aromatic heterocycles. The van der Waals surface area contributed by atoms with Gasteiger partial charge in [0.05, 0.1) is 0 Å². The minimum atomic E-state index is -1.16. The van der Waals surface area contributed by atoms with Gasteiger partial charge in [0.25, 0.3) is 5.91 Å². The number of ether oxygens (including phenoxy) is 1. The number of nitrogens with one attached hydrogen (secondary N) is 1. The summed E-state index contributed by atoms with van der Waals surface area (Å²) in [6.07, 6.45) is 5.28. The molecule has 5 heteroatoms. The second kappa shape index (κ2) is 6.30. The number of carboxylic acids is 1. The standard InChI is InChI=1S/C19H23NO4/c1-12-8-14-10-16(24-11-15(14)9-13(12)2)17(21)20-19(18(22)23)6-4-3-5-7-19/h8-10H,3-7,11H2,1-2H3,(H,20,21)(H,22,23). The van der Waals surface area contributed by atoms with Crippen LogP contribution in [0.4, 0.5) is 0 Å². The lowest BCUT2D eigenvalue weighted by Crippen LogP contribution is -2.56. The first-order chi connectivity index (χ1) is 11.4. The smallest absolute Gasteiger partial charge is 0.329 e. The van der Waals surface area contributed by atoms with Crippen LogP contribution in [0.1, 0.15) is 54.4 Å². The van der Waals surface area contributed by atoms with E-state index in [9.17, 15) is 14.7 Å². The molecule has 0 atom stereocenters. The maximum Gasteiger partial charge on any atom is 0.329 e. The monoisotopic (exact) mass is 329 g/mol. The zero-order valence-corrected chi connectivity index (χ0v) is 14.1. The van der Waals surface area contributed by atoms with Crippen LogP contribution in [0.3, 0.4) is 0 Å². The molecule has 24 heavy (non-hydrogen) atoms. The molecule has 0 bridgehead atoms. The first-order valence-electron chi connectivity index (χ1n) is 8.42. The molecule has 5 nitrogen and oxygen atoms in total. The molecule has 1 aliphatic heterocycles. The molecular weight excluding hydrogens is 306 g/mol. The summed E-state index contributed by atoms with van der Waals surface area (Å²) < 4.78 is 5.58. The third-order valence-electron chi connectivity index (χ3n) is 5.12. The van der Waals surface area contributed by atoms with Crippen molar-refractivity contribution in [1.82, 2.24) is 5.32 Å². The fraction of sp³-hybridized carbons (Fsp3) is 0.474. The molecule has 3 rings (SSSR count). The van der Waals surface area contributed by atoms with Gasteiger partial charge in [-0.2, -0.15) is 0 Å². The fourth-order valence-electron chi connectivity index (χ4n) is 3.45. The summed E-state index contributed by atoms with van der Waals surface area (Å²) >= 11 is 0. The summed E-state index contributed by atoms with van der Waals surface area (Å²) in [5, 5.41) is 12.3. The van der Waals surface area contributed by atoms with Crippen LogP contribution in [-0.4, -0.2) is 22.5 Å². The molecule has 1 amide bonds. The van der Waals surface area contributed by atoms with E-state index in [1.165, 1.54) is 5.56 Å². The van der Waals surface area contributed by atoms with Gasteiger partial charge in [0.15, 0.2) is 5.76 Å². The van der Waals surface area contributed by atoms with Crippen LogP contribution in [0.5, 0.6) is 0 Å². The van der Waals surface area contributed by atoms with E-state index in [4.69, 9.17) is 4.74 Å². The Kier molecular flexibility index (Phi) is 4.35. The van der Waals surface area contributed by atoms with Gasteiger partial charge in [-0.05, 0) is 55.0 Å². The van der Waals surface area contributed by atoms with Gasteiger partial charge in [0.2, 0.25) is 0 Å². The molecule has 2 aliphatic rings. The van der Waals surface area contributed by atoms with Crippen molar-refractivity contribution in [3.63, 3.8) is 0 Å². The first-order valence-corrected chi connectivity index (χ1v) is 8.42. The van der Waals surface area contributed by atoms with Crippen LogP contribution >= 0.6 is 0 Å². The minimum absolute atomic E-state index is 0.192. The number of aryl methyl sites for hydroxylation is 2. The average molecular weight is 329 g/mol. The number of carbonyl (C=O) groups excluding carboxylic acids is 1. The Balaban J connectivity index is 1.83. The number of aliphatic carboxylic acids is 1. The van der Waals surface area contributed by atoms with Crippen molar-refractivity contribution in [2.24, 2.45) is 0 Å². The van der Waals surface area contributed by atoms with Crippen molar-refractivity contribution < 1.29 is 19.4 Å². The lowest BCUT2D eigenvalue weighted by atomic mass is 9.81. The average Bonchev–Trinajstić information content (AvgIpc) is 2.56. The molecule has 0 radical (unpaired) electrons. The van der Waals surface area contributed by atoms with E-state index in [1.54, 1.807) is 6.08 Å². The number of benzene rings is 1. The first kappa shape index (κ1) is 16.6. The molecule has 1 saturated carbocycles. The van der Waals surface area contributed by atoms with Crippen molar-refractivity contribution in [1.29, 1.82) is 0 Å². The van der Waals surface area contributed by atoms with Crippen LogP contribution in [0.2, 0.25) is 0 Å². The molecular formula is C19H23NO4. The number of carboxylic acid groups (broad SMARTS) is 1. The molecule has 0 unspecified atom stereocenters. The molecule has 1 aliphatic carbocycles. The van der Waals surface area contributed by atoms with Crippen molar-refractivity contribution in [2.75, 3.05) is 0 Å². The van der Waals surface area contributed by atoms with Crippen LogP contribution in [-0.2, 0) is 20.9 Å². The Morgan fingerprint density at radius 2 is 1.79 bits per heavy atom. The highest BCUT2D eigenvalue weighted by Gasteiger charge is 2.41. The van der Waals surface area contributed by atoms with Crippen molar-refractivity contribution in [3.05, 3.63) is 40.1 Å². The lowest BCUT2D eigenvalue weighted by molar-refractivity contribution is -0.149. The van der Waals surface area contributed by atoms with Gasteiger partial charge in [-0.25, -0.2) is 4.79 Å². The largest absolute Gasteiger partial charge is 0.483 e. The van der Waals surface area contributed by atoms with Gasteiger partial charge in [0.1, 0.15) is 12.1 Å². The molecule has 1 aromatic carbocycles. The van der Waals surface area contributed by atoms with E-state index < -0.39 is 17.4 Å². The number of hydrogen-bond acceptors (Lipinski definition) is 3. The fourth-order valence-corrected chi connectivity index (χ4v) is 3.45. The summed E-state index contributed by atoms with van der Waals surface area (Å²) in [7, 11) is 0. The molecule has 1 fully saturated rings. The number of fused-ring (bicyclic) bond motifs is 1. The third-order valence-corrected chi connectivity index (χ3v) is 5.12. The lowest BCUT2D eigenvalue weighted by Gasteiger charge is -2.34. The Morgan fingerprint density at radius 3 is 2.46 bits per heavy atom. The highest BCUT2D eigenvalue weighted by Crippen LogP contribution is 2.30.